The molecule has 2 N–H and O–H groups in total. The summed E-state index contributed by atoms with van der Waals surface area (Å²) in [6.07, 6.45) is -1.47. The standard InChI is InChI=1S/C26H22F3NO2/c27-26(28,29)19-9-4-8-18(15-19)23-24(31)22(32-25(23)30-20-12-13-20)14-11-17-7-3-6-16-5-1-2-10-21(16)17/h1-10,15,20,30-31H,11-14H2. The van der Waals surface area contributed by atoms with Gasteiger partial charge in [-0.1, -0.05) is 54.6 Å². The Kier molecular flexibility index (Phi) is 5.08. The van der Waals surface area contributed by atoms with Crippen LogP contribution in [0.1, 0.15) is 29.7 Å². The van der Waals surface area contributed by atoms with Gasteiger partial charge in [-0.3, -0.25) is 0 Å². The van der Waals surface area contributed by atoms with Gasteiger partial charge in [-0.05, 0) is 53.3 Å². The van der Waals surface area contributed by atoms with Crippen molar-refractivity contribution in [1.29, 1.82) is 0 Å². The molecule has 5 rings (SSSR count). The van der Waals surface area contributed by atoms with Gasteiger partial charge in [0.1, 0.15) is 5.76 Å². The van der Waals surface area contributed by atoms with Crippen LogP contribution in [0.4, 0.5) is 19.1 Å². The fourth-order valence-electron chi connectivity index (χ4n) is 4.03. The van der Waals surface area contributed by atoms with Gasteiger partial charge in [0.2, 0.25) is 5.88 Å². The second kappa shape index (κ2) is 7.93. The highest BCUT2D eigenvalue weighted by atomic mass is 19.4. The van der Waals surface area contributed by atoms with Crippen LogP contribution in [-0.2, 0) is 19.0 Å². The third-order valence-corrected chi connectivity index (χ3v) is 5.85. The maximum atomic E-state index is 13.2. The average Bonchev–Trinajstić information content (AvgIpc) is 3.54. The molecule has 0 aliphatic heterocycles. The van der Waals surface area contributed by atoms with E-state index in [1.807, 2.05) is 36.4 Å². The molecular weight excluding hydrogens is 415 g/mol. The average molecular weight is 437 g/mol. The van der Waals surface area contributed by atoms with E-state index in [0.29, 0.717) is 24.5 Å². The van der Waals surface area contributed by atoms with Crippen LogP contribution in [0.2, 0.25) is 0 Å². The van der Waals surface area contributed by atoms with E-state index in [-0.39, 0.29) is 22.9 Å². The third-order valence-electron chi connectivity index (χ3n) is 5.85. The Morgan fingerprint density at radius 1 is 0.938 bits per heavy atom. The molecule has 0 spiro atoms. The zero-order chi connectivity index (χ0) is 22.3. The number of nitrogens with one attached hydrogen (secondary N) is 1. The summed E-state index contributed by atoms with van der Waals surface area (Å²) in [6.45, 7) is 0. The second-order valence-electron chi connectivity index (χ2n) is 8.21. The summed E-state index contributed by atoms with van der Waals surface area (Å²) in [7, 11) is 0. The van der Waals surface area contributed by atoms with Gasteiger partial charge in [-0.25, -0.2) is 0 Å². The van der Waals surface area contributed by atoms with Crippen LogP contribution in [0.3, 0.4) is 0 Å². The first-order chi connectivity index (χ1) is 15.4. The van der Waals surface area contributed by atoms with Crippen LogP contribution < -0.4 is 5.32 Å². The molecular formula is C26H22F3NO2. The van der Waals surface area contributed by atoms with Crippen LogP contribution in [-0.4, -0.2) is 11.1 Å². The molecule has 0 radical (unpaired) electrons. The minimum Gasteiger partial charge on any atom is -0.504 e. The van der Waals surface area contributed by atoms with Crippen LogP contribution >= 0.6 is 0 Å². The lowest BCUT2D eigenvalue weighted by atomic mass is 9.99. The lowest BCUT2D eigenvalue weighted by Gasteiger charge is -2.09. The molecule has 0 saturated heterocycles. The smallest absolute Gasteiger partial charge is 0.416 e. The van der Waals surface area contributed by atoms with Crippen LogP contribution in [0.25, 0.3) is 21.9 Å². The predicted octanol–water partition coefficient (Wildman–Crippen LogP) is 7.18. The summed E-state index contributed by atoms with van der Waals surface area (Å²) >= 11 is 0. The number of benzene rings is 3. The molecule has 6 heteroatoms. The van der Waals surface area contributed by atoms with Crippen molar-refractivity contribution in [3.8, 4) is 16.9 Å². The number of fused-ring (bicyclic) bond motifs is 1. The maximum Gasteiger partial charge on any atom is 0.416 e. The van der Waals surface area contributed by atoms with E-state index in [1.54, 1.807) is 6.07 Å². The monoisotopic (exact) mass is 437 g/mol. The molecule has 0 unspecified atom stereocenters. The molecule has 3 nitrogen and oxygen atoms in total. The molecule has 1 aliphatic rings. The van der Waals surface area contributed by atoms with Gasteiger partial charge in [0.25, 0.3) is 0 Å². The molecule has 32 heavy (non-hydrogen) atoms. The van der Waals surface area contributed by atoms with Gasteiger partial charge in [-0.15, -0.1) is 0 Å². The number of alkyl halides is 3. The number of anilines is 1. The highest BCUT2D eigenvalue weighted by Gasteiger charge is 2.32. The number of hydrogen-bond acceptors (Lipinski definition) is 3. The number of aromatic hydroxyl groups is 1. The van der Waals surface area contributed by atoms with Crippen molar-refractivity contribution in [2.75, 3.05) is 5.32 Å². The van der Waals surface area contributed by atoms with Gasteiger partial charge in [0, 0.05) is 12.5 Å². The molecule has 0 bridgehead atoms. The van der Waals surface area contributed by atoms with E-state index in [9.17, 15) is 18.3 Å². The number of halogens is 3. The second-order valence-corrected chi connectivity index (χ2v) is 8.21. The van der Waals surface area contributed by atoms with Crippen molar-refractivity contribution in [2.24, 2.45) is 0 Å². The quantitative estimate of drug-likeness (QED) is 0.336. The van der Waals surface area contributed by atoms with Gasteiger partial charge >= 0.3 is 6.18 Å². The molecule has 1 fully saturated rings. The first-order valence-corrected chi connectivity index (χ1v) is 10.7. The number of furan rings is 1. The number of rotatable bonds is 6. The van der Waals surface area contributed by atoms with E-state index in [1.165, 1.54) is 6.07 Å². The minimum atomic E-state index is -4.46. The third kappa shape index (κ3) is 4.05. The summed E-state index contributed by atoms with van der Waals surface area (Å²) in [5.41, 5.74) is 0.929. The number of aryl methyl sites for hydroxylation is 2. The summed E-state index contributed by atoms with van der Waals surface area (Å²) in [5.74, 6) is 0.596. The molecule has 3 aromatic carbocycles. The molecule has 0 amide bonds. The highest BCUT2D eigenvalue weighted by molar-refractivity contribution is 5.86. The molecule has 1 aliphatic carbocycles. The first-order valence-electron chi connectivity index (χ1n) is 10.7. The SMILES string of the molecule is Oc1c(CCc2cccc3ccccc23)oc(NC2CC2)c1-c1cccc(C(F)(F)F)c1. The van der Waals surface area contributed by atoms with Crippen LogP contribution in [0.15, 0.2) is 71.1 Å². The van der Waals surface area contributed by atoms with E-state index < -0.39 is 11.7 Å². The van der Waals surface area contributed by atoms with Crippen molar-refractivity contribution in [2.45, 2.75) is 37.9 Å². The predicted molar refractivity (Wildman–Crippen MR) is 119 cm³/mol. The van der Waals surface area contributed by atoms with Crippen molar-refractivity contribution >= 4 is 16.7 Å². The molecule has 1 saturated carbocycles. The van der Waals surface area contributed by atoms with E-state index in [4.69, 9.17) is 4.42 Å². The fraction of sp³-hybridized carbons (Fsp3) is 0.231. The van der Waals surface area contributed by atoms with Crippen molar-refractivity contribution in [3.63, 3.8) is 0 Å². The van der Waals surface area contributed by atoms with Crippen molar-refractivity contribution in [1.82, 2.24) is 0 Å². The normalized spacial score (nSPS) is 14.1. The Labute approximate surface area is 183 Å². The Morgan fingerprint density at radius 2 is 1.69 bits per heavy atom. The molecule has 1 heterocycles. The van der Waals surface area contributed by atoms with Crippen LogP contribution in [0, 0.1) is 0 Å². The fourth-order valence-corrected chi connectivity index (χ4v) is 4.03. The Morgan fingerprint density at radius 3 is 2.47 bits per heavy atom. The maximum absolute atomic E-state index is 13.2. The summed E-state index contributed by atoms with van der Waals surface area (Å²) in [4.78, 5) is 0. The van der Waals surface area contributed by atoms with Crippen molar-refractivity contribution in [3.05, 3.63) is 83.6 Å². The molecule has 4 aromatic rings. The highest BCUT2D eigenvalue weighted by Crippen LogP contribution is 2.45. The first kappa shape index (κ1) is 20.5. The zero-order valence-electron chi connectivity index (χ0n) is 17.2. The summed E-state index contributed by atoms with van der Waals surface area (Å²) in [5, 5.41) is 16.5. The lowest BCUT2D eigenvalue weighted by Crippen LogP contribution is -2.05. The summed E-state index contributed by atoms with van der Waals surface area (Å²) in [6, 6.07) is 19.4. The van der Waals surface area contributed by atoms with Gasteiger partial charge in [0.15, 0.2) is 5.75 Å². The molecule has 164 valence electrons. The Balaban J connectivity index is 1.49. The van der Waals surface area contributed by atoms with Gasteiger partial charge < -0.3 is 14.8 Å². The van der Waals surface area contributed by atoms with Gasteiger partial charge in [0.05, 0.1) is 11.1 Å². The zero-order valence-corrected chi connectivity index (χ0v) is 17.2. The molecule has 1 aromatic heterocycles. The topological polar surface area (TPSA) is 45.4 Å². The Bertz CT molecular complexity index is 1270. The van der Waals surface area contributed by atoms with E-state index >= 15 is 0 Å². The van der Waals surface area contributed by atoms with Crippen molar-refractivity contribution < 1.29 is 22.7 Å². The molecule has 0 atom stereocenters. The van der Waals surface area contributed by atoms with Crippen LogP contribution in [0.5, 0.6) is 5.75 Å². The Hall–Kier alpha value is -3.41. The van der Waals surface area contributed by atoms with E-state index in [0.717, 1.165) is 41.3 Å². The summed E-state index contributed by atoms with van der Waals surface area (Å²) < 4.78 is 45.7. The number of hydrogen-bond donors (Lipinski definition) is 2. The largest absolute Gasteiger partial charge is 0.504 e. The minimum absolute atomic E-state index is 0.104. The van der Waals surface area contributed by atoms with E-state index in [2.05, 4.69) is 11.4 Å². The van der Waals surface area contributed by atoms with Gasteiger partial charge in [-0.2, -0.15) is 13.2 Å². The lowest BCUT2D eigenvalue weighted by molar-refractivity contribution is -0.137.